The lowest BCUT2D eigenvalue weighted by molar-refractivity contribution is -0.137. The van der Waals surface area contributed by atoms with Crippen LogP contribution in [0.2, 0.25) is 0 Å². The smallest absolute Gasteiger partial charge is 0.322 e. The number of carbonyl (C=O) groups excluding carboxylic acids is 1. The van der Waals surface area contributed by atoms with Gasteiger partial charge in [0.2, 0.25) is 5.91 Å². The van der Waals surface area contributed by atoms with E-state index in [-0.39, 0.29) is 11.3 Å². The molecule has 2 aromatic rings. The first-order valence-electron chi connectivity index (χ1n) is 6.37. The lowest BCUT2D eigenvalue weighted by Gasteiger charge is -2.06. The predicted octanol–water partition coefficient (Wildman–Crippen LogP) is 4.64. The van der Waals surface area contributed by atoms with Gasteiger partial charge in [-0.05, 0) is 35.9 Å². The number of hydrogen-bond donors (Lipinski definition) is 1. The highest BCUT2D eigenvalue weighted by atomic mass is 19.4. The van der Waals surface area contributed by atoms with Crippen LogP contribution in [0.25, 0.3) is 6.08 Å². The van der Waals surface area contributed by atoms with E-state index in [0.717, 1.165) is 36.4 Å². The highest BCUT2D eigenvalue weighted by molar-refractivity contribution is 6.01. The van der Waals surface area contributed by atoms with Crippen molar-refractivity contribution in [1.82, 2.24) is 0 Å². The van der Waals surface area contributed by atoms with Gasteiger partial charge in [-0.15, -0.1) is 0 Å². The number of rotatable bonds is 3. The molecule has 0 unspecified atom stereocenters. The maximum atomic E-state index is 13.0. The van der Waals surface area contributed by atoms with Crippen molar-refractivity contribution in [3.8, 4) is 0 Å². The van der Waals surface area contributed by atoms with Gasteiger partial charge in [-0.1, -0.05) is 12.1 Å². The van der Waals surface area contributed by atoms with Crippen LogP contribution in [0.3, 0.4) is 0 Å². The van der Waals surface area contributed by atoms with Gasteiger partial charge in [-0.3, -0.25) is 4.79 Å². The number of alkyl halides is 3. The van der Waals surface area contributed by atoms with Crippen LogP contribution in [0.15, 0.2) is 48.5 Å². The highest BCUT2D eigenvalue weighted by Gasteiger charge is 2.30. The number of benzene rings is 2. The molecule has 0 heterocycles. The third-order valence-corrected chi connectivity index (χ3v) is 2.83. The first-order valence-corrected chi connectivity index (χ1v) is 6.37. The quantitative estimate of drug-likeness (QED) is 0.646. The van der Waals surface area contributed by atoms with Crippen molar-refractivity contribution in [1.29, 1.82) is 0 Å². The molecule has 2 nitrogen and oxygen atoms in total. The van der Waals surface area contributed by atoms with Crippen LogP contribution in [-0.4, -0.2) is 5.91 Å². The molecular formula is C16H10F5NO. The topological polar surface area (TPSA) is 29.1 Å². The Bertz CT molecular complexity index is 752. The van der Waals surface area contributed by atoms with Crippen LogP contribution < -0.4 is 5.32 Å². The molecule has 1 N–H and O–H groups in total. The zero-order valence-corrected chi connectivity index (χ0v) is 11.5. The summed E-state index contributed by atoms with van der Waals surface area (Å²) in [5.74, 6) is -2.86. The van der Waals surface area contributed by atoms with E-state index in [1.54, 1.807) is 0 Å². The van der Waals surface area contributed by atoms with E-state index >= 15 is 0 Å². The van der Waals surface area contributed by atoms with Crippen LogP contribution in [0.1, 0.15) is 11.1 Å². The normalized spacial score (nSPS) is 11.7. The average Bonchev–Trinajstić information content (AvgIpc) is 2.48. The molecule has 0 fully saturated rings. The number of anilines is 1. The average molecular weight is 327 g/mol. The standard InChI is InChI=1S/C16H10F5NO/c17-13-6-5-12(9-14(13)18)22-15(23)7-4-10-2-1-3-11(8-10)16(19,20)21/h1-9H,(H,22,23). The summed E-state index contributed by atoms with van der Waals surface area (Å²) in [4.78, 5) is 11.6. The second-order valence-electron chi connectivity index (χ2n) is 4.57. The second-order valence-corrected chi connectivity index (χ2v) is 4.57. The summed E-state index contributed by atoms with van der Waals surface area (Å²) >= 11 is 0. The van der Waals surface area contributed by atoms with Gasteiger partial charge in [0.25, 0.3) is 0 Å². The molecule has 0 saturated carbocycles. The Morgan fingerprint density at radius 3 is 2.39 bits per heavy atom. The third kappa shape index (κ3) is 4.64. The zero-order valence-electron chi connectivity index (χ0n) is 11.5. The van der Waals surface area contributed by atoms with Crippen molar-refractivity contribution in [2.45, 2.75) is 6.18 Å². The monoisotopic (exact) mass is 327 g/mol. The fraction of sp³-hybridized carbons (Fsp3) is 0.0625. The van der Waals surface area contributed by atoms with E-state index in [9.17, 15) is 26.7 Å². The van der Waals surface area contributed by atoms with Crippen LogP contribution in [0, 0.1) is 11.6 Å². The fourth-order valence-electron chi connectivity index (χ4n) is 1.75. The summed E-state index contributed by atoms with van der Waals surface area (Å²) in [5.41, 5.74) is -0.622. The van der Waals surface area contributed by atoms with Gasteiger partial charge >= 0.3 is 6.18 Å². The van der Waals surface area contributed by atoms with Crippen molar-refractivity contribution in [2.24, 2.45) is 0 Å². The molecule has 0 saturated heterocycles. The molecule has 2 rings (SSSR count). The maximum Gasteiger partial charge on any atom is 0.416 e. The minimum absolute atomic E-state index is 0.0302. The SMILES string of the molecule is O=C(C=Cc1cccc(C(F)(F)F)c1)Nc1ccc(F)c(F)c1. The number of carbonyl (C=O) groups is 1. The summed E-state index contributed by atoms with van der Waals surface area (Å²) in [5, 5.41) is 2.27. The van der Waals surface area contributed by atoms with Gasteiger partial charge in [-0.2, -0.15) is 13.2 Å². The summed E-state index contributed by atoms with van der Waals surface area (Å²) < 4.78 is 63.4. The van der Waals surface area contributed by atoms with Crippen molar-refractivity contribution in [2.75, 3.05) is 5.32 Å². The molecule has 0 aliphatic carbocycles. The second kappa shape index (κ2) is 6.60. The van der Waals surface area contributed by atoms with Gasteiger partial charge in [0.15, 0.2) is 11.6 Å². The lowest BCUT2D eigenvalue weighted by atomic mass is 10.1. The molecule has 0 spiro atoms. The molecule has 0 aromatic heterocycles. The molecule has 7 heteroatoms. The van der Waals surface area contributed by atoms with Gasteiger partial charge in [0.05, 0.1) is 5.56 Å². The van der Waals surface area contributed by atoms with Crippen molar-refractivity contribution in [3.63, 3.8) is 0 Å². The fourth-order valence-corrected chi connectivity index (χ4v) is 1.75. The molecule has 0 aliphatic rings. The highest BCUT2D eigenvalue weighted by Crippen LogP contribution is 2.29. The Morgan fingerprint density at radius 1 is 1.00 bits per heavy atom. The molecule has 23 heavy (non-hydrogen) atoms. The van der Waals surface area contributed by atoms with Gasteiger partial charge < -0.3 is 5.32 Å². The van der Waals surface area contributed by atoms with E-state index < -0.39 is 29.3 Å². The van der Waals surface area contributed by atoms with Crippen LogP contribution >= 0.6 is 0 Å². The van der Waals surface area contributed by atoms with E-state index in [1.165, 1.54) is 18.2 Å². The largest absolute Gasteiger partial charge is 0.416 e. The molecule has 0 bridgehead atoms. The number of halogens is 5. The Morgan fingerprint density at radius 2 is 1.74 bits per heavy atom. The third-order valence-electron chi connectivity index (χ3n) is 2.83. The van der Waals surface area contributed by atoms with E-state index in [2.05, 4.69) is 5.32 Å². The van der Waals surface area contributed by atoms with E-state index in [1.807, 2.05) is 0 Å². The molecular weight excluding hydrogens is 317 g/mol. The van der Waals surface area contributed by atoms with Gasteiger partial charge in [-0.25, -0.2) is 8.78 Å². The Hall–Kier alpha value is -2.70. The van der Waals surface area contributed by atoms with Gasteiger partial charge in [0.1, 0.15) is 0 Å². The maximum absolute atomic E-state index is 13.0. The van der Waals surface area contributed by atoms with Crippen LogP contribution in [0.5, 0.6) is 0 Å². The van der Waals surface area contributed by atoms with Crippen molar-refractivity contribution in [3.05, 3.63) is 71.3 Å². The molecule has 0 atom stereocenters. The van der Waals surface area contributed by atoms with Gasteiger partial charge in [0, 0.05) is 17.8 Å². The summed E-state index contributed by atoms with van der Waals surface area (Å²) in [6, 6.07) is 7.23. The molecule has 120 valence electrons. The zero-order chi connectivity index (χ0) is 17.0. The minimum atomic E-state index is -4.47. The first-order chi connectivity index (χ1) is 10.8. The Balaban J connectivity index is 2.08. The summed E-state index contributed by atoms with van der Waals surface area (Å²) in [7, 11) is 0. The van der Waals surface area contributed by atoms with Crippen LogP contribution in [0.4, 0.5) is 27.6 Å². The number of hydrogen-bond acceptors (Lipinski definition) is 1. The van der Waals surface area contributed by atoms with Crippen LogP contribution in [-0.2, 0) is 11.0 Å². The number of amides is 1. The predicted molar refractivity (Wildman–Crippen MR) is 75.5 cm³/mol. The molecule has 0 aliphatic heterocycles. The summed E-state index contributed by atoms with van der Waals surface area (Å²) in [6.07, 6.45) is -2.29. The van der Waals surface area contributed by atoms with Crippen molar-refractivity contribution < 1.29 is 26.7 Å². The van der Waals surface area contributed by atoms with E-state index in [4.69, 9.17) is 0 Å². The van der Waals surface area contributed by atoms with Crippen molar-refractivity contribution >= 4 is 17.7 Å². The molecule has 1 amide bonds. The lowest BCUT2D eigenvalue weighted by Crippen LogP contribution is -2.08. The Kier molecular flexibility index (Phi) is 4.78. The minimum Gasteiger partial charge on any atom is -0.322 e. The Labute approximate surface area is 128 Å². The van der Waals surface area contributed by atoms with E-state index in [0.29, 0.717) is 0 Å². The summed E-state index contributed by atoms with van der Waals surface area (Å²) in [6.45, 7) is 0. The molecule has 2 aromatic carbocycles. The molecule has 0 radical (unpaired) electrons. The number of nitrogens with one attached hydrogen (secondary N) is 1. The first kappa shape index (κ1) is 16.7.